The highest BCUT2D eigenvalue weighted by Gasteiger charge is 2.60. The first-order chi connectivity index (χ1) is 14.0. The number of Topliss-reactive ketones (excluding diaryl/α,β-unsaturated/α-hetero) is 1. The van der Waals surface area contributed by atoms with Crippen molar-refractivity contribution in [1.82, 2.24) is 0 Å². The zero-order valence-corrected chi connectivity index (χ0v) is 18.4. The Hall–Kier alpha value is -1.57. The van der Waals surface area contributed by atoms with E-state index in [1.807, 2.05) is 12.1 Å². The van der Waals surface area contributed by atoms with Crippen LogP contribution in [0.5, 0.6) is 5.75 Å². The molecule has 0 bridgehead atoms. The molecular weight excluding hydrogens is 356 g/mol. The van der Waals surface area contributed by atoms with E-state index in [0.29, 0.717) is 17.1 Å². The molecule has 0 unspecified atom stereocenters. The van der Waals surface area contributed by atoms with E-state index in [-0.39, 0.29) is 5.41 Å². The molecule has 2 heteroatoms. The van der Waals surface area contributed by atoms with Crippen LogP contribution in [0.25, 0.3) is 6.08 Å². The molecule has 1 aromatic carbocycles. The summed E-state index contributed by atoms with van der Waals surface area (Å²) < 4.78 is 5.28. The number of ether oxygens (including phenoxy) is 1. The van der Waals surface area contributed by atoms with Gasteiger partial charge in [0.2, 0.25) is 0 Å². The van der Waals surface area contributed by atoms with Crippen molar-refractivity contribution in [2.45, 2.75) is 71.6 Å². The fourth-order valence-electron chi connectivity index (χ4n) is 8.00. The van der Waals surface area contributed by atoms with E-state index in [4.69, 9.17) is 4.74 Å². The number of carbonyl (C=O) groups is 1. The third-order valence-electron chi connectivity index (χ3n) is 9.68. The van der Waals surface area contributed by atoms with Crippen molar-refractivity contribution in [2.24, 2.45) is 34.5 Å². The summed E-state index contributed by atoms with van der Waals surface area (Å²) in [6.45, 7) is 4.90. The SMILES string of the molecule is COc1ccc(/C=C2\C[C@H]3[C@@H]4CC[C@@H]5CCCC[C@@]5(C)[C@@H]4CC[C@@]3(C)C2=O)cc1. The molecule has 1 aromatic rings. The third-order valence-corrected chi connectivity index (χ3v) is 9.68. The molecule has 0 heterocycles. The molecule has 4 aliphatic carbocycles. The lowest BCUT2D eigenvalue weighted by Gasteiger charge is -2.59. The normalized spacial score (nSPS) is 42.9. The van der Waals surface area contributed by atoms with Crippen LogP contribution in [-0.4, -0.2) is 12.9 Å². The number of rotatable bonds is 2. The minimum atomic E-state index is -0.128. The number of hydrogen-bond donors (Lipinski definition) is 0. The molecule has 0 amide bonds. The molecule has 4 saturated carbocycles. The van der Waals surface area contributed by atoms with Crippen LogP contribution in [0.4, 0.5) is 0 Å². The Morgan fingerprint density at radius 2 is 1.76 bits per heavy atom. The van der Waals surface area contributed by atoms with Gasteiger partial charge in [0.1, 0.15) is 5.75 Å². The van der Waals surface area contributed by atoms with Gasteiger partial charge in [-0.1, -0.05) is 38.8 Å². The Labute approximate surface area is 176 Å². The van der Waals surface area contributed by atoms with Gasteiger partial charge in [0.25, 0.3) is 0 Å². The van der Waals surface area contributed by atoms with Crippen molar-refractivity contribution in [3.05, 3.63) is 35.4 Å². The van der Waals surface area contributed by atoms with Crippen LogP contribution in [0.15, 0.2) is 29.8 Å². The number of carbonyl (C=O) groups excluding carboxylic acids is 1. The van der Waals surface area contributed by atoms with Gasteiger partial charge in [0.05, 0.1) is 7.11 Å². The fraction of sp³-hybridized carbons (Fsp3) is 0.667. The third kappa shape index (κ3) is 2.93. The van der Waals surface area contributed by atoms with Gasteiger partial charge < -0.3 is 4.74 Å². The Balaban J connectivity index is 1.43. The van der Waals surface area contributed by atoms with Gasteiger partial charge in [-0.2, -0.15) is 0 Å². The van der Waals surface area contributed by atoms with Crippen LogP contribution >= 0.6 is 0 Å². The Morgan fingerprint density at radius 1 is 0.966 bits per heavy atom. The molecular formula is C27H36O2. The zero-order valence-electron chi connectivity index (χ0n) is 18.4. The molecule has 156 valence electrons. The van der Waals surface area contributed by atoms with Crippen molar-refractivity contribution in [2.75, 3.05) is 7.11 Å². The largest absolute Gasteiger partial charge is 0.497 e. The minimum absolute atomic E-state index is 0.128. The summed E-state index contributed by atoms with van der Waals surface area (Å²) in [7, 11) is 1.69. The number of methoxy groups -OCH3 is 1. The lowest BCUT2D eigenvalue weighted by atomic mass is 9.45. The predicted molar refractivity (Wildman–Crippen MR) is 118 cm³/mol. The van der Waals surface area contributed by atoms with Crippen LogP contribution < -0.4 is 4.74 Å². The molecule has 0 N–H and O–H groups in total. The van der Waals surface area contributed by atoms with Gasteiger partial charge in [-0.15, -0.1) is 0 Å². The minimum Gasteiger partial charge on any atom is -0.497 e. The summed E-state index contributed by atoms with van der Waals surface area (Å²) in [6.07, 6.45) is 14.0. The number of hydrogen-bond acceptors (Lipinski definition) is 2. The maximum atomic E-state index is 13.5. The van der Waals surface area contributed by atoms with Gasteiger partial charge in [-0.3, -0.25) is 4.79 Å². The maximum Gasteiger partial charge on any atom is 0.165 e. The number of fused-ring (bicyclic) bond motifs is 5. The average molecular weight is 393 g/mol. The molecule has 5 rings (SSSR count). The second kappa shape index (κ2) is 7.00. The van der Waals surface area contributed by atoms with E-state index in [1.54, 1.807) is 7.11 Å². The smallest absolute Gasteiger partial charge is 0.165 e. The standard InChI is InChI=1S/C27H36O2/c1-26-14-5-4-6-20(26)9-12-22-23(26)13-15-27(2)24(22)17-19(25(27)28)16-18-7-10-21(29-3)11-8-18/h7-8,10-11,16,20,22-24H,4-6,9,12-15,17H2,1-3H3/b19-16+/t20-,22+,23+,24-,26+,27+/m0/s1. The van der Waals surface area contributed by atoms with Gasteiger partial charge in [0.15, 0.2) is 5.78 Å². The fourth-order valence-corrected chi connectivity index (χ4v) is 8.00. The predicted octanol–water partition coefficient (Wildman–Crippen LogP) is 6.69. The molecule has 29 heavy (non-hydrogen) atoms. The van der Waals surface area contributed by atoms with E-state index in [9.17, 15) is 4.79 Å². The van der Waals surface area contributed by atoms with E-state index in [1.165, 1.54) is 44.9 Å². The van der Waals surface area contributed by atoms with Gasteiger partial charge in [-0.05, 0) is 103 Å². The van der Waals surface area contributed by atoms with Crippen molar-refractivity contribution in [3.63, 3.8) is 0 Å². The van der Waals surface area contributed by atoms with E-state index >= 15 is 0 Å². The molecule has 0 radical (unpaired) electrons. The van der Waals surface area contributed by atoms with Crippen LogP contribution in [0, 0.1) is 34.5 Å². The van der Waals surface area contributed by atoms with Gasteiger partial charge in [-0.25, -0.2) is 0 Å². The number of benzene rings is 1. The van der Waals surface area contributed by atoms with E-state index in [0.717, 1.165) is 47.5 Å². The Kier molecular flexibility index (Phi) is 4.68. The maximum absolute atomic E-state index is 13.5. The summed E-state index contributed by atoms with van der Waals surface area (Å²) in [5.41, 5.74) is 2.60. The van der Waals surface area contributed by atoms with Crippen molar-refractivity contribution >= 4 is 11.9 Å². The molecule has 0 saturated heterocycles. The van der Waals surface area contributed by atoms with Crippen LogP contribution in [0.2, 0.25) is 0 Å². The first kappa shape index (κ1) is 19.4. The molecule has 4 fully saturated rings. The average Bonchev–Trinajstić information content (AvgIpc) is 2.99. The lowest BCUT2D eigenvalue weighted by molar-refractivity contribution is -0.137. The summed E-state index contributed by atoms with van der Waals surface area (Å²) >= 11 is 0. The summed E-state index contributed by atoms with van der Waals surface area (Å²) in [5, 5.41) is 0. The molecule has 0 aliphatic heterocycles. The monoisotopic (exact) mass is 392 g/mol. The highest BCUT2D eigenvalue weighted by molar-refractivity contribution is 6.05. The highest BCUT2D eigenvalue weighted by Crippen LogP contribution is 2.66. The number of allylic oxidation sites excluding steroid dienone is 1. The molecule has 4 aliphatic rings. The first-order valence-corrected chi connectivity index (χ1v) is 11.8. The first-order valence-electron chi connectivity index (χ1n) is 11.8. The second-order valence-corrected chi connectivity index (χ2v) is 10.8. The highest BCUT2D eigenvalue weighted by atomic mass is 16.5. The molecule has 0 spiro atoms. The Bertz CT molecular complexity index is 821. The van der Waals surface area contributed by atoms with Crippen LogP contribution in [0.3, 0.4) is 0 Å². The van der Waals surface area contributed by atoms with Crippen molar-refractivity contribution < 1.29 is 9.53 Å². The summed E-state index contributed by atoms with van der Waals surface area (Å²) in [6, 6.07) is 8.12. The number of ketones is 1. The van der Waals surface area contributed by atoms with Crippen molar-refractivity contribution in [3.8, 4) is 5.75 Å². The zero-order chi connectivity index (χ0) is 20.2. The quantitative estimate of drug-likeness (QED) is 0.524. The summed E-state index contributed by atoms with van der Waals surface area (Å²) in [5.74, 6) is 4.39. The van der Waals surface area contributed by atoms with E-state index in [2.05, 4.69) is 32.1 Å². The van der Waals surface area contributed by atoms with Crippen LogP contribution in [0.1, 0.15) is 77.2 Å². The second-order valence-electron chi connectivity index (χ2n) is 10.8. The van der Waals surface area contributed by atoms with Gasteiger partial charge >= 0.3 is 0 Å². The van der Waals surface area contributed by atoms with Gasteiger partial charge in [0, 0.05) is 5.41 Å². The topological polar surface area (TPSA) is 26.3 Å². The lowest BCUT2D eigenvalue weighted by Crippen LogP contribution is -2.52. The van der Waals surface area contributed by atoms with E-state index < -0.39 is 0 Å². The molecule has 6 atom stereocenters. The molecule has 0 aromatic heterocycles. The Morgan fingerprint density at radius 3 is 2.52 bits per heavy atom. The summed E-state index contributed by atoms with van der Waals surface area (Å²) in [4.78, 5) is 13.5. The molecule has 2 nitrogen and oxygen atoms in total. The van der Waals surface area contributed by atoms with Crippen molar-refractivity contribution in [1.29, 1.82) is 0 Å². The van der Waals surface area contributed by atoms with Crippen LogP contribution in [-0.2, 0) is 4.79 Å².